The zero-order valence-corrected chi connectivity index (χ0v) is 15.6. The Morgan fingerprint density at radius 3 is 2.52 bits per heavy atom. The van der Waals surface area contributed by atoms with E-state index in [1.54, 1.807) is 6.20 Å². The number of amides is 1. The van der Waals surface area contributed by atoms with E-state index in [1.165, 1.54) is 18.4 Å². The van der Waals surface area contributed by atoms with E-state index >= 15 is 0 Å². The molecule has 2 heterocycles. The minimum Gasteiger partial charge on any atom is -0.381 e. The maximum Gasteiger partial charge on any atom is 0.272 e. The molecule has 1 aromatic carbocycles. The van der Waals surface area contributed by atoms with Gasteiger partial charge >= 0.3 is 0 Å². The van der Waals surface area contributed by atoms with Crippen LogP contribution in [0.25, 0.3) is 6.08 Å². The van der Waals surface area contributed by atoms with Crippen LogP contribution in [0.2, 0.25) is 0 Å². The van der Waals surface area contributed by atoms with Gasteiger partial charge in [0.2, 0.25) is 0 Å². The second kappa shape index (κ2) is 8.35. The van der Waals surface area contributed by atoms with Crippen LogP contribution in [-0.4, -0.2) is 59.5 Å². The fourth-order valence-corrected chi connectivity index (χ4v) is 3.27. The van der Waals surface area contributed by atoms with Gasteiger partial charge in [0.05, 0.1) is 11.9 Å². The molecule has 0 bridgehead atoms. The molecule has 2 aromatic rings. The third-order valence-electron chi connectivity index (χ3n) is 5.06. The highest BCUT2D eigenvalue weighted by Gasteiger charge is 2.23. The first-order chi connectivity index (χ1) is 13.3. The van der Waals surface area contributed by atoms with E-state index in [-0.39, 0.29) is 5.91 Å². The third kappa shape index (κ3) is 4.95. The van der Waals surface area contributed by atoms with Crippen LogP contribution in [-0.2, 0) is 0 Å². The SMILES string of the molecule is O=C(c1ccc(NC2CC2)cn1)N1CCN(C/C=C/c2ccccc2)CC1. The normalized spacial score (nSPS) is 18.0. The zero-order valence-electron chi connectivity index (χ0n) is 15.6. The molecule has 0 spiro atoms. The van der Waals surface area contributed by atoms with E-state index in [0.29, 0.717) is 11.7 Å². The lowest BCUT2D eigenvalue weighted by atomic mass is 10.2. The number of hydrogen-bond acceptors (Lipinski definition) is 4. The number of nitrogens with zero attached hydrogens (tertiary/aromatic N) is 3. The van der Waals surface area contributed by atoms with E-state index in [1.807, 2.05) is 35.2 Å². The third-order valence-corrected chi connectivity index (χ3v) is 5.06. The molecule has 5 heteroatoms. The monoisotopic (exact) mass is 362 g/mol. The summed E-state index contributed by atoms with van der Waals surface area (Å²) in [7, 11) is 0. The molecule has 1 amide bonds. The number of nitrogens with one attached hydrogen (secondary N) is 1. The topological polar surface area (TPSA) is 48.5 Å². The Labute approximate surface area is 160 Å². The van der Waals surface area contributed by atoms with Crippen molar-refractivity contribution in [2.45, 2.75) is 18.9 Å². The van der Waals surface area contributed by atoms with Gasteiger partial charge in [-0.1, -0.05) is 42.5 Å². The fraction of sp³-hybridized carbons (Fsp3) is 0.364. The van der Waals surface area contributed by atoms with Gasteiger partial charge in [0.25, 0.3) is 5.91 Å². The molecule has 5 nitrogen and oxygen atoms in total. The Balaban J connectivity index is 1.24. The molecule has 0 radical (unpaired) electrons. The molecule has 2 aliphatic rings. The number of benzene rings is 1. The number of rotatable bonds is 6. The molecule has 4 rings (SSSR count). The summed E-state index contributed by atoms with van der Waals surface area (Å²) < 4.78 is 0. The summed E-state index contributed by atoms with van der Waals surface area (Å²) in [4.78, 5) is 21.3. The average molecular weight is 362 g/mol. The molecular formula is C22H26N4O. The Morgan fingerprint density at radius 2 is 1.85 bits per heavy atom. The van der Waals surface area contributed by atoms with Crippen LogP contribution in [0.5, 0.6) is 0 Å². The lowest BCUT2D eigenvalue weighted by Gasteiger charge is -2.34. The van der Waals surface area contributed by atoms with Crippen LogP contribution in [0.15, 0.2) is 54.7 Å². The summed E-state index contributed by atoms with van der Waals surface area (Å²) >= 11 is 0. The smallest absolute Gasteiger partial charge is 0.272 e. The molecule has 1 aliphatic carbocycles. The van der Waals surface area contributed by atoms with E-state index in [4.69, 9.17) is 0 Å². The highest BCUT2D eigenvalue weighted by atomic mass is 16.2. The molecule has 1 aromatic heterocycles. The van der Waals surface area contributed by atoms with Gasteiger partial charge in [-0.2, -0.15) is 0 Å². The predicted molar refractivity (Wildman–Crippen MR) is 109 cm³/mol. The fourth-order valence-electron chi connectivity index (χ4n) is 3.27. The largest absolute Gasteiger partial charge is 0.381 e. The first kappa shape index (κ1) is 17.7. The van der Waals surface area contributed by atoms with Crippen molar-refractivity contribution in [2.24, 2.45) is 0 Å². The highest BCUT2D eigenvalue weighted by Crippen LogP contribution is 2.24. The standard InChI is InChI=1S/C22H26N4O/c27-22(21-11-10-20(17-23-21)24-19-8-9-19)26-15-13-25(14-16-26)12-4-7-18-5-2-1-3-6-18/h1-7,10-11,17,19,24H,8-9,12-16H2/b7-4+. The maximum atomic E-state index is 12.7. The van der Waals surface area contributed by atoms with E-state index < -0.39 is 0 Å². The van der Waals surface area contributed by atoms with Crippen LogP contribution in [0, 0.1) is 0 Å². The molecule has 1 saturated heterocycles. The number of carbonyl (C=O) groups is 1. The van der Waals surface area contributed by atoms with Crippen molar-refractivity contribution in [1.82, 2.24) is 14.8 Å². The molecular weight excluding hydrogens is 336 g/mol. The van der Waals surface area contributed by atoms with Gasteiger partial charge in [0.1, 0.15) is 5.69 Å². The van der Waals surface area contributed by atoms with Crippen LogP contribution in [0.4, 0.5) is 5.69 Å². The number of pyridine rings is 1. The number of hydrogen-bond donors (Lipinski definition) is 1. The molecule has 1 saturated carbocycles. The second-order valence-electron chi connectivity index (χ2n) is 7.26. The van der Waals surface area contributed by atoms with Gasteiger partial charge in [-0.25, -0.2) is 4.98 Å². The lowest BCUT2D eigenvalue weighted by molar-refractivity contribution is 0.0644. The number of carbonyl (C=O) groups excluding carboxylic acids is 1. The predicted octanol–water partition coefficient (Wildman–Crippen LogP) is 3.13. The van der Waals surface area contributed by atoms with Crippen molar-refractivity contribution in [3.63, 3.8) is 0 Å². The molecule has 2 fully saturated rings. The first-order valence-corrected chi connectivity index (χ1v) is 9.74. The van der Waals surface area contributed by atoms with Gasteiger partial charge in [-0.15, -0.1) is 0 Å². The van der Waals surface area contributed by atoms with Crippen molar-refractivity contribution < 1.29 is 4.79 Å². The van der Waals surface area contributed by atoms with Crippen LogP contribution >= 0.6 is 0 Å². The van der Waals surface area contributed by atoms with Crippen LogP contribution in [0.3, 0.4) is 0 Å². The lowest BCUT2D eigenvalue weighted by Crippen LogP contribution is -2.48. The van der Waals surface area contributed by atoms with Gasteiger partial charge < -0.3 is 10.2 Å². The van der Waals surface area contributed by atoms with Gasteiger partial charge in [-0.05, 0) is 30.5 Å². The van der Waals surface area contributed by atoms with Gasteiger partial charge in [0, 0.05) is 38.8 Å². The number of piperazine rings is 1. The highest BCUT2D eigenvalue weighted by molar-refractivity contribution is 5.92. The molecule has 140 valence electrons. The van der Waals surface area contributed by atoms with Crippen molar-refractivity contribution >= 4 is 17.7 Å². The summed E-state index contributed by atoms with van der Waals surface area (Å²) in [5.41, 5.74) is 2.76. The van der Waals surface area contributed by atoms with E-state index in [2.05, 4.69) is 39.5 Å². The van der Waals surface area contributed by atoms with Crippen molar-refractivity contribution in [2.75, 3.05) is 38.0 Å². The quantitative estimate of drug-likeness (QED) is 0.858. The van der Waals surface area contributed by atoms with Crippen molar-refractivity contribution in [3.05, 3.63) is 66.0 Å². The summed E-state index contributed by atoms with van der Waals surface area (Å²) in [5, 5.41) is 3.40. The van der Waals surface area contributed by atoms with Gasteiger partial charge in [0.15, 0.2) is 0 Å². The van der Waals surface area contributed by atoms with E-state index in [0.717, 1.165) is 38.4 Å². The second-order valence-corrected chi connectivity index (χ2v) is 7.26. The average Bonchev–Trinajstić information content (AvgIpc) is 3.53. The molecule has 1 N–H and O–H groups in total. The molecule has 1 aliphatic heterocycles. The van der Waals surface area contributed by atoms with Crippen LogP contribution in [0.1, 0.15) is 28.9 Å². The zero-order chi connectivity index (χ0) is 18.5. The minimum absolute atomic E-state index is 0.0347. The first-order valence-electron chi connectivity index (χ1n) is 9.74. The maximum absolute atomic E-state index is 12.7. The number of aromatic nitrogens is 1. The van der Waals surface area contributed by atoms with Gasteiger partial charge in [-0.3, -0.25) is 9.69 Å². The summed E-state index contributed by atoms with van der Waals surface area (Å²) in [6.07, 6.45) is 8.58. The van der Waals surface area contributed by atoms with Crippen molar-refractivity contribution in [1.29, 1.82) is 0 Å². The number of anilines is 1. The molecule has 0 unspecified atom stereocenters. The van der Waals surface area contributed by atoms with E-state index in [9.17, 15) is 4.79 Å². The van der Waals surface area contributed by atoms with Crippen LogP contribution < -0.4 is 5.32 Å². The Bertz CT molecular complexity index is 776. The summed E-state index contributed by atoms with van der Waals surface area (Å²) in [6.45, 7) is 4.21. The molecule has 27 heavy (non-hydrogen) atoms. The summed E-state index contributed by atoms with van der Waals surface area (Å²) in [6, 6.07) is 14.7. The Kier molecular flexibility index (Phi) is 5.49. The van der Waals surface area contributed by atoms with Crippen molar-refractivity contribution in [3.8, 4) is 0 Å². The summed E-state index contributed by atoms with van der Waals surface area (Å²) in [5.74, 6) is 0.0347. The Morgan fingerprint density at radius 1 is 1.07 bits per heavy atom. The minimum atomic E-state index is 0.0347. The molecule has 0 atom stereocenters. The Hall–Kier alpha value is -2.66.